The van der Waals surface area contributed by atoms with Crippen molar-refractivity contribution in [2.75, 3.05) is 18.5 Å². The Bertz CT molecular complexity index is 742. The van der Waals surface area contributed by atoms with Crippen LogP contribution in [-0.2, 0) is 9.59 Å². The lowest BCUT2D eigenvalue weighted by Gasteiger charge is -2.15. The first-order chi connectivity index (χ1) is 12.5. The Labute approximate surface area is 152 Å². The summed E-state index contributed by atoms with van der Waals surface area (Å²) in [6.45, 7) is 3.73. The molecule has 0 bridgehead atoms. The summed E-state index contributed by atoms with van der Waals surface area (Å²) >= 11 is 0. The largest absolute Gasteiger partial charge is 0.483 e. The summed E-state index contributed by atoms with van der Waals surface area (Å²) in [5.74, 6) is 0.173. The minimum absolute atomic E-state index is 0.0925. The third-order valence-electron chi connectivity index (χ3n) is 3.92. The van der Waals surface area contributed by atoms with Gasteiger partial charge in [-0.2, -0.15) is 0 Å². The molecule has 0 fully saturated rings. The van der Waals surface area contributed by atoms with Crippen LogP contribution in [0.2, 0.25) is 0 Å². The highest BCUT2D eigenvalue weighted by molar-refractivity contribution is 5.91. The lowest BCUT2D eigenvalue weighted by atomic mass is 9.98. The van der Waals surface area contributed by atoms with E-state index in [1.165, 1.54) is 0 Å². The van der Waals surface area contributed by atoms with E-state index in [0.717, 1.165) is 17.7 Å². The summed E-state index contributed by atoms with van der Waals surface area (Å²) in [6.07, 6.45) is 0.989. The van der Waals surface area contributed by atoms with E-state index in [4.69, 9.17) is 14.6 Å². The summed E-state index contributed by atoms with van der Waals surface area (Å²) in [5.41, 5.74) is 1.67. The highest BCUT2D eigenvalue weighted by atomic mass is 16.5. The number of carboxylic acids is 1. The van der Waals surface area contributed by atoms with Crippen molar-refractivity contribution in [2.24, 2.45) is 0 Å². The van der Waals surface area contributed by atoms with Crippen molar-refractivity contribution in [3.05, 3.63) is 54.1 Å². The minimum atomic E-state index is -1.04. The normalized spacial score (nSPS) is 11.5. The van der Waals surface area contributed by atoms with Crippen LogP contribution in [0.1, 0.15) is 31.7 Å². The molecule has 6 heteroatoms. The van der Waals surface area contributed by atoms with Gasteiger partial charge in [0.1, 0.15) is 11.5 Å². The van der Waals surface area contributed by atoms with Crippen molar-refractivity contribution < 1.29 is 24.2 Å². The molecule has 0 aliphatic heterocycles. The summed E-state index contributed by atoms with van der Waals surface area (Å²) in [7, 11) is 0. The van der Waals surface area contributed by atoms with Crippen LogP contribution in [0.25, 0.3) is 0 Å². The maximum atomic E-state index is 12.1. The molecule has 138 valence electrons. The molecule has 0 saturated heterocycles. The zero-order valence-corrected chi connectivity index (χ0v) is 14.9. The Kier molecular flexibility index (Phi) is 7.02. The molecule has 0 aliphatic carbocycles. The van der Waals surface area contributed by atoms with Gasteiger partial charge in [-0.15, -0.1) is 0 Å². The number of aliphatic carboxylic acids is 1. The van der Waals surface area contributed by atoms with E-state index in [1.807, 2.05) is 24.3 Å². The third kappa shape index (κ3) is 5.81. The van der Waals surface area contributed by atoms with Crippen LogP contribution in [-0.4, -0.2) is 30.2 Å². The predicted molar refractivity (Wildman–Crippen MR) is 98.8 cm³/mol. The molecule has 0 aliphatic rings. The highest BCUT2D eigenvalue weighted by Crippen LogP contribution is 2.28. The molecule has 6 nitrogen and oxygen atoms in total. The number of nitrogens with one attached hydrogen (secondary N) is 1. The SMILES string of the molecule is CCC(C)c1ccccc1OCC(=O)Nc1ccc(OCC(=O)O)cc1. The van der Waals surface area contributed by atoms with Crippen molar-refractivity contribution in [3.8, 4) is 11.5 Å². The van der Waals surface area contributed by atoms with Crippen LogP contribution >= 0.6 is 0 Å². The number of carboxylic acid groups (broad SMARTS) is 1. The van der Waals surface area contributed by atoms with Crippen LogP contribution in [0.4, 0.5) is 5.69 Å². The lowest BCUT2D eigenvalue weighted by Crippen LogP contribution is -2.20. The number of rotatable bonds is 9. The van der Waals surface area contributed by atoms with Crippen molar-refractivity contribution >= 4 is 17.6 Å². The zero-order valence-electron chi connectivity index (χ0n) is 14.9. The molecule has 0 heterocycles. The second-order valence-electron chi connectivity index (χ2n) is 5.89. The summed E-state index contributed by atoms with van der Waals surface area (Å²) in [6, 6.07) is 14.2. The molecular formula is C20H23NO5. The van der Waals surface area contributed by atoms with Gasteiger partial charge in [0.05, 0.1) is 0 Å². The Morgan fingerprint density at radius 1 is 1.04 bits per heavy atom. The molecule has 1 amide bonds. The Morgan fingerprint density at radius 3 is 2.38 bits per heavy atom. The fourth-order valence-corrected chi connectivity index (χ4v) is 2.36. The minimum Gasteiger partial charge on any atom is -0.483 e. The first kappa shape index (κ1) is 19.3. The van der Waals surface area contributed by atoms with Crippen LogP contribution < -0.4 is 14.8 Å². The summed E-state index contributed by atoms with van der Waals surface area (Å²) < 4.78 is 10.7. The van der Waals surface area contributed by atoms with Crippen LogP contribution in [0.15, 0.2) is 48.5 Å². The molecule has 26 heavy (non-hydrogen) atoms. The summed E-state index contributed by atoms with van der Waals surface area (Å²) in [4.78, 5) is 22.6. The monoisotopic (exact) mass is 357 g/mol. The Hall–Kier alpha value is -3.02. The van der Waals surface area contributed by atoms with E-state index in [0.29, 0.717) is 17.4 Å². The molecule has 1 atom stereocenters. The number of ether oxygens (including phenoxy) is 2. The third-order valence-corrected chi connectivity index (χ3v) is 3.92. The number of amides is 1. The van der Waals surface area contributed by atoms with E-state index in [-0.39, 0.29) is 12.5 Å². The van der Waals surface area contributed by atoms with Gasteiger partial charge in [-0.25, -0.2) is 4.79 Å². The molecule has 2 aromatic rings. The van der Waals surface area contributed by atoms with Gasteiger partial charge in [0.15, 0.2) is 13.2 Å². The second-order valence-corrected chi connectivity index (χ2v) is 5.89. The number of benzene rings is 2. The first-order valence-electron chi connectivity index (χ1n) is 8.45. The molecule has 0 spiro atoms. The topological polar surface area (TPSA) is 84.9 Å². The van der Waals surface area contributed by atoms with Gasteiger partial charge < -0.3 is 19.9 Å². The number of para-hydroxylation sites is 1. The van der Waals surface area contributed by atoms with Crippen molar-refractivity contribution in [3.63, 3.8) is 0 Å². The van der Waals surface area contributed by atoms with Gasteiger partial charge in [-0.3, -0.25) is 4.79 Å². The van der Waals surface area contributed by atoms with E-state index < -0.39 is 12.6 Å². The number of carbonyl (C=O) groups is 2. The van der Waals surface area contributed by atoms with E-state index in [9.17, 15) is 9.59 Å². The van der Waals surface area contributed by atoms with Crippen molar-refractivity contribution in [2.45, 2.75) is 26.2 Å². The van der Waals surface area contributed by atoms with E-state index >= 15 is 0 Å². The molecule has 0 radical (unpaired) electrons. The predicted octanol–water partition coefficient (Wildman–Crippen LogP) is 3.68. The molecular weight excluding hydrogens is 334 g/mol. The molecule has 0 aromatic heterocycles. The second kappa shape index (κ2) is 9.46. The maximum absolute atomic E-state index is 12.1. The quantitative estimate of drug-likeness (QED) is 0.715. The zero-order chi connectivity index (χ0) is 18.9. The number of hydrogen-bond acceptors (Lipinski definition) is 4. The van der Waals surface area contributed by atoms with E-state index in [2.05, 4.69) is 19.2 Å². The van der Waals surface area contributed by atoms with Gasteiger partial charge in [0, 0.05) is 5.69 Å². The van der Waals surface area contributed by atoms with Crippen LogP contribution in [0, 0.1) is 0 Å². The lowest BCUT2D eigenvalue weighted by molar-refractivity contribution is -0.139. The number of hydrogen-bond donors (Lipinski definition) is 2. The van der Waals surface area contributed by atoms with Crippen LogP contribution in [0.5, 0.6) is 11.5 Å². The maximum Gasteiger partial charge on any atom is 0.341 e. The average molecular weight is 357 g/mol. The first-order valence-corrected chi connectivity index (χ1v) is 8.45. The molecule has 1 unspecified atom stereocenters. The van der Waals surface area contributed by atoms with Gasteiger partial charge in [0.25, 0.3) is 5.91 Å². The van der Waals surface area contributed by atoms with Gasteiger partial charge in [-0.05, 0) is 48.2 Å². The van der Waals surface area contributed by atoms with Crippen molar-refractivity contribution in [1.82, 2.24) is 0 Å². The Balaban J connectivity index is 1.88. The number of carbonyl (C=O) groups excluding carboxylic acids is 1. The smallest absolute Gasteiger partial charge is 0.341 e. The molecule has 2 aromatic carbocycles. The fourth-order valence-electron chi connectivity index (χ4n) is 2.36. The summed E-state index contributed by atoms with van der Waals surface area (Å²) in [5, 5.41) is 11.3. The van der Waals surface area contributed by atoms with Crippen molar-refractivity contribution in [1.29, 1.82) is 0 Å². The molecule has 2 rings (SSSR count). The highest BCUT2D eigenvalue weighted by Gasteiger charge is 2.11. The van der Waals surface area contributed by atoms with E-state index in [1.54, 1.807) is 24.3 Å². The number of anilines is 1. The van der Waals surface area contributed by atoms with Gasteiger partial charge in [0.2, 0.25) is 0 Å². The molecule has 0 saturated carbocycles. The standard InChI is InChI=1S/C20H23NO5/c1-3-14(2)17-6-4-5-7-18(17)26-12-19(22)21-15-8-10-16(11-9-15)25-13-20(23)24/h4-11,14H,3,12-13H2,1-2H3,(H,21,22)(H,23,24). The fraction of sp³-hybridized carbons (Fsp3) is 0.300. The van der Waals surface area contributed by atoms with Gasteiger partial charge >= 0.3 is 5.97 Å². The van der Waals surface area contributed by atoms with Gasteiger partial charge in [-0.1, -0.05) is 32.0 Å². The van der Waals surface area contributed by atoms with Crippen LogP contribution in [0.3, 0.4) is 0 Å². The molecule has 2 N–H and O–H groups in total. The Morgan fingerprint density at radius 2 is 1.73 bits per heavy atom. The average Bonchev–Trinajstić information content (AvgIpc) is 2.65.